The van der Waals surface area contributed by atoms with E-state index in [1.807, 2.05) is 0 Å². The topological polar surface area (TPSA) is 159 Å². The summed E-state index contributed by atoms with van der Waals surface area (Å²) in [6.07, 6.45) is 1.47. The van der Waals surface area contributed by atoms with Crippen LogP contribution in [-0.4, -0.2) is 40.8 Å². The van der Waals surface area contributed by atoms with E-state index in [0.717, 1.165) is 12.5 Å². The van der Waals surface area contributed by atoms with Gasteiger partial charge in [-0.1, -0.05) is 34.6 Å². The van der Waals surface area contributed by atoms with Gasteiger partial charge in [0.1, 0.15) is 12.1 Å². The molecule has 0 aromatic heterocycles. The van der Waals surface area contributed by atoms with E-state index in [2.05, 4.69) is 18.9 Å². The van der Waals surface area contributed by atoms with E-state index in [4.69, 9.17) is 10.5 Å². The second kappa shape index (κ2) is 7.54. The van der Waals surface area contributed by atoms with Gasteiger partial charge in [0, 0.05) is 11.1 Å². The van der Waals surface area contributed by atoms with Gasteiger partial charge in [0.25, 0.3) is 0 Å². The van der Waals surface area contributed by atoms with Crippen LogP contribution in [0, 0.1) is 22.7 Å². The van der Waals surface area contributed by atoms with Gasteiger partial charge in [0.15, 0.2) is 11.4 Å². The van der Waals surface area contributed by atoms with Crippen LogP contribution in [0.3, 0.4) is 0 Å². The second-order valence-corrected chi connectivity index (χ2v) is 7.32. The van der Waals surface area contributed by atoms with Gasteiger partial charge in [-0.2, -0.15) is 27.4 Å². The second-order valence-electron chi connectivity index (χ2n) is 4.21. The number of rotatable bonds is 6. The molecule has 1 aromatic rings. The van der Waals surface area contributed by atoms with Gasteiger partial charge in [0.05, 0.1) is 12.5 Å². The molecule has 0 saturated carbocycles. The molecule has 0 atom stereocenters. The Morgan fingerprint density at radius 2 is 1.21 bits per heavy atom. The van der Waals surface area contributed by atoms with Gasteiger partial charge >= 0.3 is 20.2 Å². The first kappa shape index (κ1) is 19.1. The molecule has 0 amide bonds. The van der Waals surface area contributed by atoms with Crippen molar-refractivity contribution in [3.05, 3.63) is 35.4 Å². The minimum atomic E-state index is -3.94. The van der Waals surface area contributed by atoms with Crippen molar-refractivity contribution in [2.75, 3.05) is 12.5 Å². The van der Waals surface area contributed by atoms with Crippen LogP contribution in [0.15, 0.2) is 34.6 Å². The lowest BCUT2D eigenvalue weighted by atomic mass is 10.0. The normalized spacial score (nSPS) is 12.8. The highest BCUT2D eigenvalue weighted by molar-refractivity contribution is 7.86. The predicted octanol–water partition coefficient (Wildman–Crippen LogP) is 0.0944. The van der Waals surface area contributed by atoms with Crippen LogP contribution in [0.1, 0.15) is 11.1 Å². The van der Waals surface area contributed by atoms with Crippen LogP contribution in [0.2, 0.25) is 0 Å². The van der Waals surface area contributed by atoms with Crippen molar-refractivity contribution in [3.8, 4) is 12.1 Å². The first-order valence-corrected chi connectivity index (χ1v) is 9.54. The smallest absolute Gasteiger partial charge is 0.267 e. The van der Waals surface area contributed by atoms with E-state index in [1.54, 1.807) is 12.1 Å². The van der Waals surface area contributed by atoms with Crippen molar-refractivity contribution < 1.29 is 25.4 Å². The lowest BCUT2D eigenvalue weighted by molar-refractivity contribution is 0.342. The molecule has 0 radical (unpaired) electrons. The van der Waals surface area contributed by atoms with Crippen molar-refractivity contribution in [3.63, 3.8) is 0 Å². The lowest BCUT2D eigenvalue weighted by Gasteiger charge is -2.05. The Hall–Kier alpha value is -2.96. The molecule has 24 heavy (non-hydrogen) atoms. The Morgan fingerprint density at radius 3 is 1.46 bits per heavy atom. The molecule has 12 heteroatoms. The van der Waals surface area contributed by atoms with Crippen molar-refractivity contribution in [1.29, 1.82) is 10.5 Å². The van der Waals surface area contributed by atoms with E-state index >= 15 is 0 Å². The fraction of sp³-hybridized carbons (Fsp3) is 0.167. The Labute approximate surface area is 138 Å². The van der Waals surface area contributed by atoms with Gasteiger partial charge in [0.2, 0.25) is 0 Å². The van der Waals surface area contributed by atoms with Crippen molar-refractivity contribution in [2.45, 2.75) is 0 Å². The van der Waals surface area contributed by atoms with Gasteiger partial charge in [-0.05, 0) is 0 Å². The zero-order valence-electron chi connectivity index (χ0n) is 12.4. The average molecular weight is 370 g/mol. The largest absolute Gasteiger partial charge is 0.325 e. The van der Waals surface area contributed by atoms with Gasteiger partial charge < -0.3 is 0 Å². The summed E-state index contributed by atoms with van der Waals surface area (Å²) in [5.74, 6) is 0. The van der Waals surface area contributed by atoms with E-state index in [1.165, 1.54) is 24.3 Å². The first-order valence-electron chi connectivity index (χ1n) is 5.90. The molecule has 1 rings (SSSR count). The highest BCUT2D eigenvalue weighted by atomic mass is 32.2. The maximum atomic E-state index is 11.0. The molecule has 0 unspecified atom stereocenters. The van der Waals surface area contributed by atoms with E-state index in [9.17, 15) is 16.8 Å². The van der Waals surface area contributed by atoms with E-state index in [-0.39, 0.29) is 11.1 Å². The van der Waals surface area contributed by atoms with Crippen LogP contribution in [0.25, 0.3) is 0 Å². The van der Waals surface area contributed by atoms with E-state index in [0.29, 0.717) is 0 Å². The summed E-state index contributed by atoms with van der Waals surface area (Å²) in [5, 5.41) is 24.6. The number of hydrogen-bond donors (Lipinski definition) is 0. The van der Waals surface area contributed by atoms with Crippen LogP contribution >= 0.6 is 0 Å². The summed E-state index contributed by atoms with van der Waals surface area (Å²) in [7, 11) is -7.89. The van der Waals surface area contributed by atoms with Gasteiger partial charge in [-0.15, -0.1) is 0 Å². The molecule has 126 valence electrons. The summed E-state index contributed by atoms with van der Waals surface area (Å²) in [5.41, 5.74) is -0.918. The van der Waals surface area contributed by atoms with Gasteiger partial charge in [-0.25, -0.2) is 0 Å². The third kappa shape index (κ3) is 6.04. The molecule has 0 aliphatic rings. The Morgan fingerprint density at radius 1 is 0.875 bits per heavy atom. The molecule has 1 aromatic carbocycles. The Kier molecular flexibility index (Phi) is 6.00. The third-order valence-corrected chi connectivity index (χ3v) is 2.87. The Balaban J connectivity index is 3.44. The van der Waals surface area contributed by atoms with E-state index < -0.39 is 31.7 Å². The molecule has 0 N–H and O–H groups in total. The van der Waals surface area contributed by atoms with Crippen LogP contribution in [-0.2, 0) is 28.8 Å². The summed E-state index contributed by atoms with van der Waals surface area (Å²) < 4.78 is 52.3. The predicted molar refractivity (Wildman–Crippen MR) is 82.6 cm³/mol. The third-order valence-electron chi connectivity index (χ3n) is 2.18. The summed E-state index contributed by atoms with van der Waals surface area (Å²) in [6, 6.07) is 8.90. The van der Waals surface area contributed by atoms with Crippen molar-refractivity contribution in [1.82, 2.24) is 0 Å². The molecule has 0 aliphatic heterocycles. The standard InChI is InChI=1S/C12H10N4O6S2/c1-23(17,18)21-15-11(7-13)9-5-3-4-6-10(9)12(8-14)16-22-24(2,19)20/h3-6H,1-2H3. The maximum absolute atomic E-state index is 11.0. The molecule has 0 bridgehead atoms. The van der Waals surface area contributed by atoms with Crippen LogP contribution < -0.4 is 0 Å². The van der Waals surface area contributed by atoms with Crippen molar-refractivity contribution >= 4 is 31.7 Å². The number of nitrogens with zero attached hydrogens (tertiary/aromatic N) is 4. The Bertz CT molecular complexity index is 900. The van der Waals surface area contributed by atoms with Crippen molar-refractivity contribution in [2.24, 2.45) is 10.3 Å². The molecule has 10 nitrogen and oxygen atoms in total. The zero-order chi connectivity index (χ0) is 18.4. The number of hydrogen-bond acceptors (Lipinski definition) is 10. The van der Waals surface area contributed by atoms with Gasteiger partial charge in [-0.3, -0.25) is 8.57 Å². The molecule has 0 spiro atoms. The van der Waals surface area contributed by atoms with Crippen LogP contribution in [0.4, 0.5) is 0 Å². The summed E-state index contributed by atoms with van der Waals surface area (Å²) in [4.78, 5) is 0. The molecule has 0 aliphatic carbocycles. The number of oxime groups is 2. The highest BCUT2D eigenvalue weighted by Gasteiger charge is 2.16. The zero-order valence-corrected chi connectivity index (χ0v) is 14.0. The maximum Gasteiger partial charge on any atom is 0.325 e. The fourth-order valence-corrected chi connectivity index (χ4v) is 1.79. The molecular weight excluding hydrogens is 360 g/mol. The summed E-state index contributed by atoms with van der Waals surface area (Å²) in [6.45, 7) is 0. The fourth-order valence-electron chi connectivity index (χ4n) is 1.37. The van der Waals surface area contributed by atoms with Crippen LogP contribution in [0.5, 0.6) is 0 Å². The summed E-state index contributed by atoms with van der Waals surface area (Å²) >= 11 is 0. The molecule has 0 saturated heterocycles. The average Bonchev–Trinajstić information content (AvgIpc) is 2.47. The first-order chi connectivity index (χ1) is 11.1. The molecule has 0 heterocycles. The lowest BCUT2D eigenvalue weighted by Crippen LogP contribution is -2.11. The SMILES string of the molecule is CS(=O)(=O)ON=C(C#N)c1ccccc1C(C#N)=NOS(C)(=O)=O. The number of benzene rings is 1. The monoisotopic (exact) mass is 370 g/mol. The molecular formula is C12H10N4O6S2. The molecule has 0 fully saturated rings. The number of nitriles is 2. The minimum absolute atomic E-state index is 0.000973. The quantitative estimate of drug-likeness (QED) is 0.503. The minimum Gasteiger partial charge on any atom is -0.267 e. The highest BCUT2D eigenvalue weighted by Crippen LogP contribution is 2.13.